The van der Waals surface area contributed by atoms with Crippen molar-refractivity contribution in [1.29, 1.82) is 0 Å². The summed E-state index contributed by atoms with van der Waals surface area (Å²) in [7, 11) is 0. The van der Waals surface area contributed by atoms with Gasteiger partial charge in [0.2, 0.25) is 0 Å². The summed E-state index contributed by atoms with van der Waals surface area (Å²) in [5.74, 6) is 0. The maximum absolute atomic E-state index is 3.45. The second-order valence-corrected chi connectivity index (χ2v) is 9.20. The first kappa shape index (κ1) is 14.5. The van der Waals surface area contributed by atoms with E-state index in [0.717, 1.165) is 4.47 Å². The number of halogens is 2. The maximum Gasteiger partial charge on any atom is 0.0660 e. The summed E-state index contributed by atoms with van der Waals surface area (Å²) in [6.45, 7) is 0. The van der Waals surface area contributed by atoms with Gasteiger partial charge in [0.25, 0.3) is 0 Å². The topological polar surface area (TPSA) is 0 Å². The zero-order chi connectivity index (χ0) is 13.9. The summed E-state index contributed by atoms with van der Waals surface area (Å²) in [6.07, 6.45) is 4.33. The number of hydrogen-bond acceptors (Lipinski definition) is 2. The molecule has 0 N–H and O–H groups in total. The van der Waals surface area contributed by atoms with Gasteiger partial charge in [0.05, 0.1) is 2.88 Å². The third kappa shape index (κ3) is 3.61. The minimum atomic E-state index is 1.11. The first-order chi connectivity index (χ1) is 9.70. The minimum Gasteiger partial charge on any atom is -0.135 e. The first-order valence-electron chi connectivity index (χ1n) is 6.00. The number of benzene rings is 1. The molecule has 0 unspecified atom stereocenters. The Labute approximate surface area is 148 Å². The Morgan fingerprint density at radius 3 is 2.20 bits per heavy atom. The predicted octanol–water partition coefficient (Wildman–Crippen LogP) is 7.01. The number of rotatable bonds is 3. The Morgan fingerprint density at radius 1 is 0.800 bits per heavy atom. The SMILES string of the molecule is Brc1ccc(/C=C/c2ccc(-c3ccc(I)s3)s2)cc1. The van der Waals surface area contributed by atoms with Crippen molar-refractivity contribution < 1.29 is 0 Å². The molecule has 20 heavy (non-hydrogen) atoms. The molecule has 2 aromatic heterocycles. The first-order valence-corrected chi connectivity index (χ1v) is 9.50. The Morgan fingerprint density at radius 2 is 1.50 bits per heavy atom. The van der Waals surface area contributed by atoms with Gasteiger partial charge in [-0.25, -0.2) is 0 Å². The standard InChI is InChI=1S/C16H10BrIS2/c17-12-4-1-11(2-5-12)3-6-13-7-8-14(19-13)15-9-10-16(18)20-15/h1-10H/b6-3+. The highest BCUT2D eigenvalue weighted by atomic mass is 127. The minimum absolute atomic E-state index is 1.11. The van der Waals surface area contributed by atoms with Crippen LogP contribution in [0.3, 0.4) is 0 Å². The lowest BCUT2D eigenvalue weighted by atomic mass is 10.2. The van der Waals surface area contributed by atoms with E-state index in [1.54, 1.807) is 0 Å². The Kier molecular flexibility index (Phi) is 4.75. The summed E-state index contributed by atoms with van der Waals surface area (Å²) in [6, 6.07) is 17.1. The molecule has 2 heterocycles. The summed E-state index contributed by atoms with van der Waals surface area (Å²) in [4.78, 5) is 3.97. The van der Waals surface area contributed by atoms with Crippen molar-refractivity contribution >= 4 is 73.3 Å². The molecule has 100 valence electrons. The van der Waals surface area contributed by atoms with E-state index in [9.17, 15) is 0 Å². The normalized spacial score (nSPS) is 11.3. The van der Waals surface area contributed by atoms with E-state index in [1.165, 1.54) is 23.1 Å². The van der Waals surface area contributed by atoms with Gasteiger partial charge in [0, 0.05) is 19.1 Å². The largest absolute Gasteiger partial charge is 0.135 e. The van der Waals surface area contributed by atoms with E-state index in [2.05, 4.69) is 99.2 Å². The van der Waals surface area contributed by atoms with Gasteiger partial charge in [-0.3, -0.25) is 0 Å². The van der Waals surface area contributed by atoms with Gasteiger partial charge >= 0.3 is 0 Å². The Hall–Kier alpha value is -0.430. The van der Waals surface area contributed by atoms with Gasteiger partial charge in [0.1, 0.15) is 0 Å². The van der Waals surface area contributed by atoms with E-state index >= 15 is 0 Å². The molecule has 0 amide bonds. The molecule has 1 aromatic carbocycles. The average Bonchev–Trinajstić information content (AvgIpc) is 3.07. The van der Waals surface area contributed by atoms with Crippen LogP contribution in [0.2, 0.25) is 0 Å². The molecule has 0 nitrogen and oxygen atoms in total. The fourth-order valence-corrected chi connectivity index (χ4v) is 4.66. The molecule has 3 aromatic rings. The van der Waals surface area contributed by atoms with Crippen LogP contribution >= 0.6 is 61.2 Å². The lowest BCUT2D eigenvalue weighted by Crippen LogP contribution is -1.69. The smallest absolute Gasteiger partial charge is 0.0660 e. The van der Waals surface area contributed by atoms with E-state index in [1.807, 2.05) is 22.7 Å². The predicted molar refractivity (Wildman–Crippen MR) is 103 cm³/mol. The van der Waals surface area contributed by atoms with Crippen LogP contribution in [-0.2, 0) is 0 Å². The van der Waals surface area contributed by atoms with Crippen LogP contribution in [0.4, 0.5) is 0 Å². The van der Waals surface area contributed by atoms with E-state index in [0.29, 0.717) is 0 Å². The molecule has 0 saturated carbocycles. The van der Waals surface area contributed by atoms with Gasteiger partial charge in [-0.15, -0.1) is 22.7 Å². The van der Waals surface area contributed by atoms with Gasteiger partial charge in [-0.05, 0) is 70.6 Å². The molecule has 0 fully saturated rings. The Bertz CT molecular complexity index is 738. The van der Waals surface area contributed by atoms with Crippen LogP contribution in [0.1, 0.15) is 10.4 Å². The van der Waals surface area contributed by atoms with Crippen molar-refractivity contribution in [3.05, 3.63) is 66.3 Å². The fraction of sp³-hybridized carbons (Fsp3) is 0. The molecule has 4 heteroatoms. The lowest BCUT2D eigenvalue weighted by molar-refractivity contribution is 1.62. The molecule has 0 saturated heterocycles. The zero-order valence-electron chi connectivity index (χ0n) is 10.3. The van der Waals surface area contributed by atoms with Gasteiger partial charge in [-0.1, -0.05) is 34.1 Å². The van der Waals surface area contributed by atoms with E-state index < -0.39 is 0 Å². The molecule has 0 atom stereocenters. The molecule has 0 radical (unpaired) electrons. The van der Waals surface area contributed by atoms with Crippen molar-refractivity contribution in [3.63, 3.8) is 0 Å². The summed E-state index contributed by atoms with van der Waals surface area (Å²) >= 11 is 9.49. The molecule has 0 aliphatic carbocycles. The van der Waals surface area contributed by atoms with Crippen LogP contribution in [0.15, 0.2) is 53.0 Å². The summed E-state index contributed by atoms with van der Waals surface area (Å²) in [5, 5.41) is 0. The molecule has 3 rings (SSSR count). The highest BCUT2D eigenvalue weighted by Gasteiger charge is 2.03. The van der Waals surface area contributed by atoms with E-state index in [-0.39, 0.29) is 0 Å². The third-order valence-corrected chi connectivity index (χ3v) is 6.42. The van der Waals surface area contributed by atoms with Crippen molar-refractivity contribution in [1.82, 2.24) is 0 Å². The van der Waals surface area contributed by atoms with Crippen molar-refractivity contribution in [2.75, 3.05) is 0 Å². The Balaban J connectivity index is 1.78. The van der Waals surface area contributed by atoms with Gasteiger partial charge in [0.15, 0.2) is 0 Å². The van der Waals surface area contributed by atoms with Crippen molar-refractivity contribution in [2.45, 2.75) is 0 Å². The summed E-state index contributed by atoms with van der Waals surface area (Å²) in [5.41, 5.74) is 1.22. The molecule has 0 aliphatic heterocycles. The van der Waals surface area contributed by atoms with Crippen LogP contribution < -0.4 is 0 Å². The number of thiophene rings is 2. The summed E-state index contributed by atoms with van der Waals surface area (Å²) < 4.78 is 2.44. The molecule has 0 bridgehead atoms. The van der Waals surface area contributed by atoms with Gasteiger partial charge < -0.3 is 0 Å². The average molecular weight is 473 g/mol. The van der Waals surface area contributed by atoms with Gasteiger partial charge in [-0.2, -0.15) is 0 Å². The van der Waals surface area contributed by atoms with Crippen molar-refractivity contribution in [3.8, 4) is 9.75 Å². The quantitative estimate of drug-likeness (QED) is 0.359. The van der Waals surface area contributed by atoms with Crippen LogP contribution in [0.5, 0.6) is 0 Å². The monoisotopic (exact) mass is 472 g/mol. The van der Waals surface area contributed by atoms with Crippen LogP contribution in [0.25, 0.3) is 21.9 Å². The molecular formula is C16H10BrIS2. The zero-order valence-corrected chi connectivity index (χ0v) is 15.7. The molecular weight excluding hydrogens is 463 g/mol. The van der Waals surface area contributed by atoms with Crippen LogP contribution in [0, 0.1) is 2.88 Å². The fourth-order valence-electron chi connectivity index (χ4n) is 1.77. The third-order valence-electron chi connectivity index (χ3n) is 2.75. The highest BCUT2D eigenvalue weighted by molar-refractivity contribution is 14.1. The number of hydrogen-bond donors (Lipinski definition) is 0. The molecule has 0 aliphatic rings. The highest BCUT2D eigenvalue weighted by Crippen LogP contribution is 2.34. The van der Waals surface area contributed by atoms with Crippen molar-refractivity contribution in [2.24, 2.45) is 0 Å². The maximum atomic E-state index is 3.45. The second kappa shape index (κ2) is 6.56. The molecule has 0 spiro atoms. The van der Waals surface area contributed by atoms with E-state index in [4.69, 9.17) is 0 Å². The lowest BCUT2D eigenvalue weighted by Gasteiger charge is -1.93. The second-order valence-electron chi connectivity index (χ2n) is 4.19. The van der Waals surface area contributed by atoms with Crippen LogP contribution in [-0.4, -0.2) is 0 Å².